The fraction of sp³-hybridized carbons (Fsp3) is 0.429. The van der Waals surface area contributed by atoms with Crippen LogP contribution in [0.3, 0.4) is 0 Å². The molecule has 2 heterocycles. The molecule has 1 unspecified atom stereocenters. The SMILES string of the molecule is CCCn1cc(C(O)c2cc(C)nc(C)c2)cn1. The van der Waals surface area contributed by atoms with Crippen molar-refractivity contribution in [2.75, 3.05) is 0 Å². The van der Waals surface area contributed by atoms with Crippen LogP contribution in [0.2, 0.25) is 0 Å². The van der Waals surface area contributed by atoms with E-state index in [1.165, 1.54) is 0 Å². The Bertz CT molecular complexity index is 513. The van der Waals surface area contributed by atoms with E-state index < -0.39 is 6.10 Å². The summed E-state index contributed by atoms with van der Waals surface area (Å²) in [5.41, 5.74) is 3.54. The molecule has 0 aliphatic carbocycles. The van der Waals surface area contributed by atoms with Crippen LogP contribution in [0.1, 0.15) is 42.0 Å². The maximum absolute atomic E-state index is 10.3. The molecule has 2 aromatic rings. The minimum Gasteiger partial charge on any atom is -0.384 e. The number of pyridine rings is 1. The van der Waals surface area contributed by atoms with E-state index in [2.05, 4.69) is 17.0 Å². The van der Waals surface area contributed by atoms with Gasteiger partial charge in [-0.25, -0.2) is 0 Å². The molecule has 0 bridgehead atoms. The van der Waals surface area contributed by atoms with Crippen LogP contribution in [0.25, 0.3) is 0 Å². The van der Waals surface area contributed by atoms with Crippen LogP contribution in [0.4, 0.5) is 0 Å². The molecule has 2 rings (SSSR count). The first kappa shape index (κ1) is 12.8. The van der Waals surface area contributed by atoms with Gasteiger partial charge in [-0.2, -0.15) is 5.10 Å². The van der Waals surface area contributed by atoms with Crippen LogP contribution in [-0.4, -0.2) is 19.9 Å². The van der Waals surface area contributed by atoms with E-state index in [-0.39, 0.29) is 0 Å². The molecule has 96 valence electrons. The van der Waals surface area contributed by atoms with Crippen molar-refractivity contribution in [1.82, 2.24) is 14.8 Å². The highest BCUT2D eigenvalue weighted by Crippen LogP contribution is 2.22. The van der Waals surface area contributed by atoms with Crippen LogP contribution in [0, 0.1) is 13.8 Å². The second-order valence-electron chi connectivity index (χ2n) is 4.62. The summed E-state index contributed by atoms with van der Waals surface area (Å²) in [6.45, 7) is 6.85. The van der Waals surface area contributed by atoms with Crippen LogP contribution in [0.5, 0.6) is 0 Å². The summed E-state index contributed by atoms with van der Waals surface area (Å²) in [5, 5.41) is 14.6. The monoisotopic (exact) mass is 245 g/mol. The molecule has 18 heavy (non-hydrogen) atoms. The Morgan fingerprint density at radius 3 is 2.50 bits per heavy atom. The number of rotatable bonds is 4. The normalized spacial score (nSPS) is 12.7. The lowest BCUT2D eigenvalue weighted by Gasteiger charge is -2.10. The second kappa shape index (κ2) is 5.31. The third-order valence-electron chi connectivity index (χ3n) is 2.84. The maximum atomic E-state index is 10.3. The Morgan fingerprint density at radius 1 is 1.22 bits per heavy atom. The number of aromatic nitrogens is 3. The highest BCUT2D eigenvalue weighted by Gasteiger charge is 2.13. The van der Waals surface area contributed by atoms with Gasteiger partial charge >= 0.3 is 0 Å². The molecule has 0 aliphatic heterocycles. The number of hydrogen-bond donors (Lipinski definition) is 1. The minimum atomic E-state index is -0.629. The summed E-state index contributed by atoms with van der Waals surface area (Å²) in [6.07, 6.45) is 4.03. The molecule has 0 aliphatic rings. The molecule has 0 spiro atoms. The third kappa shape index (κ3) is 2.76. The molecule has 0 fully saturated rings. The topological polar surface area (TPSA) is 50.9 Å². The van der Waals surface area contributed by atoms with E-state index in [1.54, 1.807) is 6.20 Å². The predicted molar refractivity (Wildman–Crippen MR) is 70.3 cm³/mol. The minimum absolute atomic E-state index is 0.629. The van der Waals surface area contributed by atoms with Gasteiger partial charge in [-0.15, -0.1) is 0 Å². The molecule has 0 saturated carbocycles. The van der Waals surface area contributed by atoms with E-state index in [9.17, 15) is 5.11 Å². The average molecular weight is 245 g/mol. The van der Waals surface area contributed by atoms with Crippen molar-refractivity contribution in [2.24, 2.45) is 0 Å². The van der Waals surface area contributed by atoms with Crippen LogP contribution >= 0.6 is 0 Å². The van der Waals surface area contributed by atoms with E-state index in [1.807, 2.05) is 36.9 Å². The lowest BCUT2D eigenvalue weighted by atomic mass is 10.0. The van der Waals surface area contributed by atoms with Crippen molar-refractivity contribution in [3.8, 4) is 0 Å². The summed E-state index contributed by atoms with van der Waals surface area (Å²) < 4.78 is 1.86. The Labute approximate surface area is 107 Å². The lowest BCUT2D eigenvalue weighted by Crippen LogP contribution is -2.01. The number of hydrogen-bond acceptors (Lipinski definition) is 3. The van der Waals surface area contributed by atoms with Gasteiger partial charge in [0.05, 0.1) is 6.20 Å². The zero-order valence-electron chi connectivity index (χ0n) is 11.1. The van der Waals surface area contributed by atoms with Gasteiger partial charge in [-0.1, -0.05) is 6.92 Å². The van der Waals surface area contributed by atoms with Crippen molar-refractivity contribution in [3.63, 3.8) is 0 Å². The molecular weight excluding hydrogens is 226 g/mol. The molecule has 1 N–H and O–H groups in total. The largest absolute Gasteiger partial charge is 0.384 e. The first-order chi connectivity index (χ1) is 8.60. The predicted octanol–water partition coefficient (Wildman–Crippen LogP) is 2.39. The van der Waals surface area contributed by atoms with Crippen molar-refractivity contribution in [2.45, 2.75) is 39.8 Å². The van der Waals surface area contributed by atoms with E-state index >= 15 is 0 Å². The molecule has 0 saturated heterocycles. The zero-order chi connectivity index (χ0) is 13.1. The fourth-order valence-corrected chi connectivity index (χ4v) is 2.09. The number of aliphatic hydroxyl groups excluding tert-OH is 1. The fourth-order valence-electron chi connectivity index (χ4n) is 2.09. The van der Waals surface area contributed by atoms with Gasteiger partial charge in [0.2, 0.25) is 0 Å². The summed E-state index contributed by atoms with van der Waals surface area (Å²) in [5.74, 6) is 0. The molecular formula is C14H19N3O. The smallest absolute Gasteiger partial charge is 0.107 e. The average Bonchev–Trinajstić information content (AvgIpc) is 2.76. The van der Waals surface area contributed by atoms with Crippen molar-refractivity contribution < 1.29 is 5.11 Å². The standard InChI is InChI=1S/C14H19N3O/c1-4-5-17-9-13(8-15-17)14(18)12-6-10(2)16-11(3)7-12/h6-9,14,18H,4-5H2,1-3H3. The Hall–Kier alpha value is -1.68. The Balaban J connectivity index is 2.26. The van der Waals surface area contributed by atoms with Gasteiger partial charge in [0.15, 0.2) is 0 Å². The number of aryl methyl sites for hydroxylation is 3. The first-order valence-corrected chi connectivity index (χ1v) is 6.25. The van der Waals surface area contributed by atoms with E-state index in [0.717, 1.165) is 35.5 Å². The van der Waals surface area contributed by atoms with Gasteiger partial charge in [0.25, 0.3) is 0 Å². The molecule has 0 amide bonds. The van der Waals surface area contributed by atoms with Gasteiger partial charge < -0.3 is 5.11 Å². The summed E-state index contributed by atoms with van der Waals surface area (Å²) in [6, 6.07) is 3.82. The third-order valence-corrected chi connectivity index (χ3v) is 2.84. The molecule has 4 heteroatoms. The van der Waals surface area contributed by atoms with Crippen molar-refractivity contribution >= 4 is 0 Å². The Morgan fingerprint density at radius 2 is 1.89 bits per heavy atom. The molecule has 0 aromatic carbocycles. The summed E-state index contributed by atoms with van der Waals surface area (Å²) in [4.78, 5) is 4.31. The molecule has 4 nitrogen and oxygen atoms in total. The van der Waals surface area contributed by atoms with Crippen molar-refractivity contribution in [3.05, 3.63) is 47.0 Å². The molecule has 2 aromatic heterocycles. The van der Waals surface area contributed by atoms with Gasteiger partial charge in [0, 0.05) is 29.7 Å². The lowest BCUT2D eigenvalue weighted by molar-refractivity contribution is 0.220. The van der Waals surface area contributed by atoms with Crippen LogP contribution in [-0.2, 0) is 6.54 Å². The second-order valence-corrected chi connectivity index (χ2v) is 4.62. The summed E-state index contributed by atoms with van der Waals surface area (Å²) >= 11 is 0. The van der Waals surface area contributed by atoms with Gasteiger partial charge in [-0.3, -0.25) is 9.67 Å². The van der Waals surface area contributed by atoms with Gasteiger partial charge in [0.1, 0.15) is 6.10 Å². The first-order valence-electron chi connectivity index (χ1n) is 6.25. The quantitative estimate of drug-likeness (QED) is 0.899. The van der Waals surface area contributed by atoms with Gasteiger partial charge in [-0.05, 0) is 38.0 Å². The molecule has 0 radical (unpaired) electrons. The van der Waals surface area contributed by atoms with Crippen LogP contribution < -0.4 is 0 Å². The number of aliphatic hydroxyl groups is 1. The Kier molecular flexibility index (Phi) is 3.77. The highest BCUT2D eigenvalue weighted by molar-refractivity contribution is 5.29. The molecule has 1 atom stereocenters. The van der Waals surface area contributed by atoms with E-state index in [0.29, 0.717) is 0 Å². The van der Waals surface area contributed by atoms with E-state index in [4.69, 9.17) is 0 Å². The maximum Gasteiger partial charge on any atom is 0.107 e. The zero-order valence-corrected chi connectivity index (χ0v) is 11.1. The summed E-state index contributed by atoms with van der Waals surface area (Å²) in [7, 11) is 0. The number of nitrogens with zero attached hydrogens (tertiary/aromatic N) is 3. The van der Waals surface area contributed by atoms with Crippen molar-refractivity contribution in [1.29, 1.82) is 0 Å². The highest BCUT2D eigenvalue weighted by atomic mass is 16.3. The van der Waals surface area contributed by atoms with Crippen LogP contribution in [0.15, 0.2) is 24.5 Å².